The molecule has 1 aromatic carbocycles. The van der Waals surface area contributed by atoms with E-state index in [2.05, 4.69) is 9.47 Å². The number of carbonyl (C=O) groups is 2. The second kappa shape index (κ2) is 8.86. The average Bonchev–Trinajstić information content (AvgIpc) is 2.53. The lowest BCUT2D eigenvalue weighted by Gasteiger charge is -2.22. The normalized spacial score (nSPS) is 13.2. The number of hydrogen-bond donors (Lipinski definition) is 0. The van der Waals surface area contributed by atoms with Crippen molar-refractivity contribution in [1.29, 1.82) is 0 Å². The van der Waals surface area contributed by atoms with Crippen LogP contribution in [0.4, 0.5) is 30.7 Å². The molecule has 1 atom stereocenters. The van der Waals surface area contributed by atoms with Gasteiger partial charge in [-0.3, -0.25) is 9.59 Å². The molecule has 0 aliphatic carbocycles. The Morgan fingerprint density at radius 3 is 2.15 bits per heavy atom. The topological polar surface area (TPSA) is 52.6 Å². The lowest BCUT2D eigenvalue weighted by molar-refractivity contribution is -0.254. The molecule has 26 heavy (non-hydrogen) atoms. The fourth-order valence-corrected chi connectivity index (χ4v) is 1.64. The summed E-state index contributed by atoms with van der Waals surface area (Å²) in [6.45, 7) is -2.09. The SMILES string of the molecule is O=C(CCCC(=O)Oc1ccccc1F)OCC(F)(F)C(F)C(F)(F)F. The van der Waals surface area contributed by atoms with Gasteiger partial charge in [-0.05, 0) is 18.6 Å². The molecule has 0 spiro atoms. The van der Waals surface area contributed by atoms with E-state index >= 15 is 0 Å². The predicted octanol–water partition coefficient (Wildman–Crippen LogP) is 3.98. The van der Waals surface area contributed by atoms with Gasteiger partial charge in [-0.25, -0.2) is 8.78 Å². The first kappa shape index (κ1) is 21.7. The largest absolute Gasteiger partial charge is 0.459 e. The summed E-state index contributed by atoms with van der Waals surface area (Å²) < 4.78 is 95.9. The first-order valence-corrected chi connectivity index (χ1v) is 7.13. The van der Waals surface area contributed by atoms with Crippen LogP contribution in [0.2, 0.25) is 0 Å². The highest BCUT2D eigenvalue weighted by atomic mass is 19.4. The van der Waals surface area contributed by atoms with Gasteiger partial charge in [0.05, 0.1) is 0 Å². The third-order valence-electron chi connectivity index (χ3n) is 2.91. The van der Waals surface area contributed by atoms with Crippen LogP contribution in [0.3, 0.4) is 0 Å². The van der Waals surface area contributed by atoms with Crippen LogP contribution in [-0.4, -0.2) is 36.8 Å². The number of halogens is 7. The maximum Gasteiger partial charge on any atom is 0.425 e. The first-order chi connectivity index (χ1) is 11.9. The van der Waals surface area contributed by atoms with Crippen molar-refractivity contribution in [2.45, 2.75) is 37.5 Å². The molecular weight excluding hydrogens is 377 g/mol. The summed E-state index contributed by atoms with van der Waals surface area (Å²) >= 11 is 0. The monoisotopic (exact) mass is 390 g/mol. The summed E-state index contributed by atoms with van der Waals surface area (Å²) in [5, 5.41) is 0. The maximum atomic E-state index is 13.2. The van der Waals surface area contributed by atoms with Crippen LogP contribution < -0.4 is 4.74 Å². The summed E-state index contributed by atoms with van der Waals surface area (Å²) in [6.07, 6.45) is -11.5. The van der Waals surface area contributed by atoms with Gasteiger partial charge in [-0.15, -0.1) is 0 Å². The third kappa shape index (κ3) is 6.89. The Morgan fingerprint density at radius 2 is 1.58 bits per heavy atom. The Morgan fingerprint density at radius 1 is 1.00 bits per heavy atom. The standard InChI is InChI=1S/C15H13F7O4/c16-9-4-1-2-5-10(9)26-12(24)7-3-6-11(23)25-8-14(18,19)13(17)15(20,21)22/h1-2,4-5,13H,3,6-8H2. The van der Waals surface area contributed by atoms with Crippen molar-refractivity contribution in [3.05, 3.63) is 30.1 Å². The predicted molar refractivity (Wildman–Crippen MR) is 72.7 cm³/mol. The van der Waals surface area contributed by atoms with Crippen LogP contribution in [0.25, 0.3) is 0 Å². The van der Waals surface area contributed by atoms with E-state index in [4.69, 9.17) is 0 Å². The minimum absolute atomic E-state index is 0.254. The van der Waals surface area contributed by atoms with Crippen LogP contribution in [0.15, 0.2) is 24.3 Å². The van der Waals surface area contributed by atoms with E-state index in [0.717, 1.165) is 6.07 Å². The lowest BCUT2D eigenvalue weighted by Crippen LogP contribution is -2.45. The molecule has 11 heteroatoms. The molecule has 4 nitrogen and oxygen atoms in total. The van der Waals surface area contributed by atoms with E-state index < -0.39 is 55.5 Å². The molecule has 0 fully saturated rings. The highest BCUT2D eigenvalue weighted by molar-refractivity contribution is 5.74. The maximum absolute atomic E-state index is 13.2. The van der Waals surface area contributed by atoms with Crippen molar-refractivity contribution < 1.29 is 49.8 Å². The average molecular weight is 390 g/mol. The number of carbonyl (C=O) groups excluding carboxylic acids is 2. The molecule has 0 saturated carbocycles. The van der Waals surface area contributed by atoms with Crippen molar-refractivity contribution in [2.24, 2.45) is 0 Å². The molecule has 1 unspecified atom stereocenters. The third-order valence-corrected chi connectivity index (χ3v) is 2.91. The Balaban J connectivity index is 2.34. The van der Waals surface area contributed by atoms with Gasteiger partial charge in [0, 0.05) is 12.8 Å². The van der Waals surface area contributed by atoms with Crippen LogP contribution in [0, 0.1) is 5.82 Å². The van der Waals surface area contributed by atoms with Crippen LogP contribution in [-0.2, 0) is 14.3 Å². The van der Waals surface area contributed by atoms with E-state index in [-0.39, 0.29) is 12.2 Å². The van der Waals surface area contributed by atoms with E-state index in [1.165, 1.54) is 18.2 Å². The molecule has 0 amide bonds. The molecule has 0 aromatic heterocycles. The zero-order valence-corrected chi connectivity index (χ0v) is 13.0. The molecule has 0 bridgehead atoms. The van der Waals surface area contributed by atoms with Crippen molar-refractivity contribution >= 4 is 11.9 Å². The summed E-state index contributed by atoms with van der Waals surface area (Å²) in [5.74, 6) is -8.35. The second-order valence-corrected chi connectivity index (χ2v) is 5.08. The zero-order valence-electron chi connectivity index (χ0n) is 13.0. The molecule has 0 N–H and O–H groups in total. The minimum Gasteiger partial charge on any atom is -0.459 e. The quantitative estimate of drug-likeness (QED) is 0.383. The van der Waals surface area contributed by atoms with E-state index in [0.29, 0.717) is 0 Å². The lowest BCUT2D eigenvalue weighted by atomic mass is 10.2. The van der Waals surface area contributed by atoms with Gasteiger partial charge < -0.3 is 9.47 Å². The van der Waals surface area contributed by atoms with Crippen molar-refractivity contribution in [3.63, 3.8) is 0 Å². The Labute approximate surface area is 142 Å². The summed E-state index contributed by atoms with van der Waals surface area (Å²) in [6, 6.07) is 4.98. The number of hydrogen-bond acceptors (Lipinski definition) is 4. The fraction of sp³-hybridized carbons (Fsp3) is 0.467. The molecule has 1 aromatic rings. The molecular formula is C15H13F7O4. The number of esters is 2. The van der Waals surface area contributed by atoms with E-state index in [9.17, 15) is 40.3 Å². The number of rotatable bonds is 8. The number of alkyl halides is 6. The van der Waals surface area contributed by atoms with Gasteiger partial charge in [0.25, 0.3) is 6.17 Å². The zero-order chi connectivity index (χ0) is 20.0. The Kier molecular flexibility index (Phi) is 7.40. The van der Waals surface area contributed by atoms with Crippen LogP contribution >= 0.6 is 0 Å². The van der Waals surface area contributed by atoms with Crippen LogP contribution in [0.5, 0.6) is 5.75 Å². The molecule has 0 heterocycles. The summed E-state index contributed by atoms with van der Waals surface area (Å²) in [5.41, 5.74) is 0. The number of ether oxygens (including phenoxy) is 2. The second-order valence-electron chi connectivity index (χ2n) is 5.08. The first-order valence-electron chi connectivity index (χ1n) is 7.13. The smallest absolute Gasteiger partial charge is 0.425 e. The van der Waals surface area contributed by atoms with Crippen molar-refractivity contribution in [2.75, 3.05) is 6.61 Å². The Hall–Kier alpha value is -2.33. The van der Waals surface area contributed by atoms with Crippen LogP contribution in [0.1, 0.15) is 19.3 Å². The van der Waals surface area contributed by atoms with E-state index in [1.54, 1.807) is 0 Å². The highest BCUT2D eigenvalue weighted by Crippen LogP contribution is 2.35. The van der Waals surface area contributed by atoms with Gasteiger partial charge in [-0.2, -0.15) is 22.0 Å². The van der Waals surface area contributed by atoms with Gasteiger partial charge >= 0.3 is 24.0 Å². The van der Waals surface area contributed by atoms with Gasteiger partial charge in [-0.1, -0.05) is 12.1 Å². The van der Waals surface area contributed by atoms with Gasteiger partial charge in [0.2, 0.25) is 0 Å². The molecule has 0 aliphatic rings. The van der Waals surface area contributed by atoms with Gasteiger partial charge in [0.1, 0.15) is 0 Å². The van der Waals surface area contributed by atoms with Crippen molar-refractivity contribution in [3.8, 4) is 5.75 Å². The minimum atomic E-state index is -5.80. The molecule has 0 saturated heterocycles. The molecule has 0 aliphatic heterocycles. The fourth-order valence-electron chi connectivity index (χ4n) is 1.64. The number of para-hydroxylation sites is 1. The van der Waals surface area contributed by atoms with Crippen molar-refractivity contribution in [1.82, 2.24) is 0 Å². The number of benzene rings is 1. The highest BCUT2D eigenvalue weighted by Gasteiger charge is 2.57. The molecule has 1 rings (SSSR count). The molecule has 146 valence electrons. The summed E-state index contributed by atoms with van der Waals surface area (Å²) in [4.78, 5) is 22.6. The Bertz CT molecular complexity index is 631. The van der Waals surface area contributed by atoms with Gasteiger partial charge in [0.15, 0.2) is 18.2 Å². The summed E-state index contributed by atoms with van der Waals surface area (Å²) in [7, 11) is 0. The molecule has 0 radical (unpaired) electrons. The van der Waals surface area contributed by atoms with E-state index in [1.807, 2.05) is 0 Å².